The predicted octanol–water partition coefficient (Wildman–Crippen LogP) is 5.99. The van der Waals surface area contributed by atoms with Gasteiger partial charge in [0.15, 0.2) is 0 Å². The zero-order valence-electron chi connectivity index (χ0n) is 30.0. The van der Waals surface area contributed by atoms with Crippen LogP contribution in [0.15, 0.2) is 243 Å². The van der Waals surface area contributed by atoms with Crippen LogP contribution in [0.1, 0.15) is 0 Å². The first-order valence-corrected chi connectivity index (χ1v) is 23.4. The molecule has 7 heteroatoms. The van der Waals surface area contributed by atoms with Crippen molar-refractivity contribution in [1.29, 1.82) is 0 Å². The summed E-state index contributed by atoms with van der Waals surface area (Å²) in [5.41, 5.74) is 0. The second-order valence-corrected chi connectivity index (χ2v) is 20.5. The van der Waals surface area contributed by atoms with E-state index in [1.807, 2.05) is 0 Å². The second-order valence-electron chi connectivity index (χ2n) is 12.4. The van der Waals surface area contributed by atoms with E-state index in [1.54, 1.807) is 0 Å². The molecule has 0 atom stereocenters. The van der Waals surface area contributed by atoms with Crippen LogP contribution in [0.5, 0.6) is 0 Å². The summed E-state index contributed by atoms with van der Waals surface area (Å²) < 4.78 is 34.4. The van der Waals surface area contributed by atoms with Crippen molar-refractivity contribution in [2.45, 2.75) is 0 Å². The summed E-state index contributed by atoms with van der Waals surface area (Å²) in [5, 5.41) is 11.1. The second kappa shape index (κ2) is 18.8. The van der Waals surface area contributed by atoms with E-state index in [0.717, 1.165) is 0 Å². The van der Waals surface area contributed by atoms with Crippen LogP contribution in [0.25, 0.3) is 0 Å². The van der Waals surface area contributed by atoms with Crippen molar-refractivity contribution in [2.24, 2.45) is 0 Å². The first-order valence-electron chi connectivity index (χ1n) is 17.7. The van der Waals surface area contributed by atoms with Crippen LogP contribution in [-0.4, -0.2) is 0 Å². The Hall–Kier alpha value is -5.33. The zero-order valence-corrected chi connectivity index (χ0v) is 33.1. The van der Waals surface area contributed by atoms with E-state index in [-0.39, 0.29) is 0 Å². The summed E-state index contributed by atoms with van der Waals surface area (Å²) in [6.45, 7) is 0. The molecule has 0 bridgehead atoms. The van der Waals surface area contributed by atoms with Gasteiger partial charge in [0.2, 0.25) is 0 Å². The third-order valence-electron chi connectivity index (χ3n) is 9.15. The molecule has 8 aromatic rings. The zero-order chi connectivity index (χ0) is 38.4. The number of benzene rings is 8. The number of rotatable bonds is 8. The summed E-state index contributed by atoms with van der Waals surface area (Å²) >= 11 is -5.75. The fourth-order valence-electron chi connectivity index (χ4n) is 7.00. The van der Waals surface area contributed by atoms with Gasteiger partial charge < -0.3 is 0 Å². The molecule has 0 radical (unpaired) electrons. The summed E-state index contributed by atoms with van der Waals surface area (Å²) in [4.78, 5) is 0. The molecule has 0 amide bonds. The molecule has 8 aromatic carbocycles. The first kappa shape index (κ1) is 39.4. The largest absolute Gasteiger partial charge is 0.144 e. The van der Waals surface area contributed by atoms with Crippen molar-refractivity contribution >= 4 is 57.0 Å². The van der Waals surface area contributed by atoms with Crippen molar-refractivity contribution in [3.8, 4) is 0 Å². The molecule has 8 rings (SSSR count). The van der Waals surface area contributed by atoms with Crippen molar-refractivity contribution in [3.05, 3.63) is 243 Å². The monoisotopic (exact) mass is 794 g/mol. The van der Waals surface area contributed by atoms with E-state index >= 15 is 0 Å². The third kappa shape index (κ3) is 9.32. The Morgan fingerprint density at radius 3 is 0.418 bits per heavy atom. The Bertz CT molecular complexity index is 1930. The van der Waals surface area contributed by atoms with Gasteiger partial charge in [-0.2, -0.15) is 0 Å². The van der Waals surface area contributed by atoms with Crippen LogP contribution >= 0.6 is 14.5 Å². The normalized spacial score (nSPS) is 11.2. The van der Waals surface area contributed by atoms with Crippen LogP contribution in [0.3, 0.4) is 0 Å². The molecule has 55 heavy (non-hydrogen) atoms. The van der Waals surface area contributed by atoms with Crippen LogP contribution in [-0.2, 0) is 21.2 Å². The molecule has 0 heterocycles. The Labute approximate surface area is 327 Å². The van der Waals surface area contributed by atoms with Gasteiger partial charge in [0.1, 0.15) is 57.0 Å². The molecule has 0 saturated carbocycles. The van der Waals surface area contributed by atoms with E-state index < -0.39 is 28.1 Å². The Kier molecular flexibility index (Phi) is 13.5. The fourth-order valence-corrected chi connectivity index (χ4v) is 15.5. The van der Waals surface area contributed by atoms with E-state index in [1.165, 1.54) is 42.4 Å². The van der Waals surface area contributed by atoms with Crippen molar-refractivity contribution < 1.29 is 29.5 Å². The van der Waals surface area contributed by atoms with Crippen molar-refractivity contribution in [3.63, 3.8) is 0 Å². The summed E-state index contributed by atoms with van der Waals surface area (Å²) in [7, 11) is -3.81. The average Bonchev–Trinajstić information content (AvgIpc) is 3.24. The molecule has 0 aliphatic heterocycles. The summed E-state index contributed by atoms with van der Waals surface area (Å²) in [5.74, 6) is 0. The molecular weight excluding hydrogens is 754 g/mol. The number of hydrogen-bond donors (Lipinski definition) is 0. The molecule has 0 saturated heterocycles. The van der Waals surface area contributed by atoms with E-state index in [9.17, 15) is 0 Å². The van der Waals surface area contributed by atoms with Gasteiger partial charge in [-0.1, -0.05) is 146 Å². The topological polar surface area (TPSA) is 80.3 Å². The van der Waals surface area contributed by atoms with E-state index in [2.05, 4.69) is 243 Å². The molecule has 0 aliphatic rings. The van der Waals surface area contributed by atoms with Gasteiger partial charge in [-0.3, -0.25) is 0 Å². The smallest absolute Gasteiger partial charge is 0.0620 e. The van der Waals surface area contributed by atoms with E-state index in [0.29, 0.717) is 0 Å². The molecule has 0 aliphatic carbocycles. The summed E-state index contributed by atoms with van der Waals surface area (Å²) in [6.07, 6.45) is 0. The Balaban J connectivity index is 0.000000167. The maximum Gasteiger partial charge on any atom is 0.144 e. The van der Waals surface area contributed by atoms with Crippen LogP contribution < -0.4 is 50.8 Å². The molecule has 272 valence electrons. The average molecular weight is 795 g/mol. The van der Waals surface area contributed by atoms with Gasteiger partial charge >= 0.3 is 29.5 Å². The first-order chi connectivity index (χ1) is 26.8. The van der Waals surface area contributed by atoms with Gasteiger partial charge in [-0.15, -0.1) is 0 Å². The molecule has 0 spiro atoms. The molecule has 4 nitrogen and oxygen atoms in total. The molecule has 0 fully saturated rings. The predicted molar refractivity (Wildman–Crippen MR) is 224 cm³/mol. The summed E-state index contributed by atoms with van der Waals surface area (Å²) in [6, 6.07) is 87.7. The van der Waals surface area contributed by atoms with E-state index in [4.69, 9.17) is 15.9 Å². The van der Waals surface area contributed by atoms with Gasteiger partial charge in [-0.25, -0.2) is 0 Å². The van der Waals surface area contributed by atoms with Gasteiger partial charge in [-0.05, 0) is 97.1 Å². The Morgan fingerprint density at radius 2 is 0.327 bits per heavy atom. The third-order valence-corrected chi connectivity index (χ3v) is 17.7. The van der Waals surface area contributed by atoms with Gasteiger partial charge in [0.05, 0.1) is 0 Å². The maximum absolute atomic E-state index is 8.59. The maximum atomic E-state index is 8.59. The van der Waals surface area contributed by atoms with Gasteiger partial charge in [0, 0.05) is 0 Å². The minimum absolute atomic E-state index is 1.39. The van der Waals surface area contributed by atoms with Crippen LogP contribution in [0.4, 0.5) is 0 Å². The van der Waals surface area contributed by atoms with Crippen molar-refractivity contribution in [2.75, 3.05) is 0 Å². The fraction of sp³-hybridized carbons (Fsp3) is 0. The van der Waals surface area contributed by atoms with Crippen LogP contribution in [0, 0.1) is 0 Å². The van der Waals surface area contributed by atoms with Gasteiger partial charge in [0.25, 0.3) is 0 Å². The standard InChI is InChI=1S/2C24H20P.Cr.4O/c2*1-5-13-21(14-6-1)25(22-15-7-2-8-16-22,23-17-9-3-10-18-23)24-19-11-4-12-20-24;;;;;/h2*1-20H;;;;;/q2*+1;;;;2*-1. The Morgan fingerprint density at radius 1 is 0.236 bits per heavy atom. The quantitative estimate of drug-likeness (QED) is 0.177. The minimum atomic E-state index is -5.75. The van der Waals surface area contributed by atoms with Crippen molar-refractivity contribution in [1.82, 2.24) is 0 Å². The molecule has 0 N–H and O–H groups in total. The molecule has 0 aromatic heterocycles. The SMILES string of the molecule is [O]=[Cr](=[O])([O-])[O-].c1ccc([P+](c2ccccc2)(c2ccccc2)c2ccccc2)cc1.c1ccc([P+](c2ccccc2)(c2ccccc2)c2ccccc2)cc1. The number of hydrogen-bond acceptors (Lipinski definition) is 4. The minimum Gasteiger partial charge on any atom is -0.0620 e. The molecular formula is C48H40CrO4P2. The van der Waals surface area contributed by atoms with Crippen LogP contribution in [0.2, 0.25) is 0 Å². The molecule has 0 unspecified atom stereocenters.